The Kier molecular flexibility index (Phi) is 7.22. The van der Waals surface area contributed by atoms with Gasteiger partial charge in [-0.3, -0.25) is 14.4 Å². The van der Waals surface area contributed by atoms with Gasteiger partial charge in [-0.1, -0.05) is 19.1 Å². The summed E-state index contributed by atoms with van der Waals surface area (Å²) in [5.74, 6) is -6.46. The quantitative estimate of drug-likeness (QED) is 0.114. The van der Waals surface area contributed by atoms with E-state index < -0.39 is 89.9 Å². The molecule has 2 aliphatic heterocycles. The molecule has 2 aromatic carbocycles. The molecule has 4 bridgehead atoms. The van der Waals surface area contributed by atoms with Gasteiger partial charge in [-0.25, -0.2) is 0 Å². The summed E-state index contributed by atoms with van der Waals surface area (Å²) in [6.07, 6.45) is -5.47. The van der Waals surface area contributed by atoms with Gasteiger partial charge in [0.1, 0.15) is 11.9 Å². The van der Waals surface area contributed by atoms with Crippen molar-refractivity contribution in [2.24, 2.45) is 11.3 Å². The van der Waals surface area contributed by atoms with Crippen LogP contribution in [0.3, 0.4) is 0 Å². The fraction of sp³-hybridized carbons (Fsp3) is 0.500. The van der Waals surface area contributed by atoms with Crippen LogP contribution in [0.2, 0.25) is 0 Å². The number of cyclic esters (lactones) is 2. The van der Waals surface area contributed by atoms with Crippen molar-refractivity contribution in [3.8, 4) is 5.75 Å². The lowest BCUT2D eigenvalue weighted by Crippen LogP contribution is -2.57. The Morgan fingerprint density at radius 1 is 1.05 bits per heavy atom. The van der Waals surface area contributed by atoms with E-state index in [1.54, 1.807) is 13.0 Å². The first-order valence-electron chi connectivity index (χ1n) is 14.0. The number of hydrogen-bond acceptors (Lipinski definition) is 13. The summed E-state index contributed by atoms with van der Waals surface area (Å²) in [6, 6.07) is 5.58. The Morgan fingerprint density at radius 3 is 2.44 bits per heavy atom. The fourth-order valence-corrected chi connectivity index (χ4v) is 6.74. The number of aromatic hydroxyl groups is 1. The molecule has 3 fully saturated rings. The first-order chi connectivity index (χ1) is 20.3. The monoisotopic (exact) mass is 600 g/mol. The number of phenols is 1. The minimum absolute atomic E-state index is 0.0438. The summed E-state index contributed by atoms with van der Waals surface area (Å²) in [7, 11) is 0. The zero-order chi connectivity index (χ0) is 31.0. The average molecular weight is 601 g/mol. The van der Waals surface area contributed by atoms with Crippen molar-refractivity contribution in [2.45, 2.75) is 68.6 Å². The van der Waals surface area contributed by atoms with Gasteiger partial charge in [0.05, 0.1) is 42.8 Å². The average Bonchev–Trinajstić information content (AvgIpc) is 3.11. The van der Waals surface area contributed by atoms with Crippen LogP contribution in [0.4, 0.5) is 0 Å². The van der Waals surface area contributed by atoms with Crippen molar-refractivity contribution in [3.63, 3.8) is 0 Å². The standard InChI is InChI=1S/C30H32O13/c1-12-20(11-31)42-26(25(36)23(12)34)41-5-4-29(27(37)43-28(29)38)10-14-6-13-7-15-9-19(33)22(30(15,39)40)16-2-3-18(32)21(24(14)35)17(16)8-13/h2-3,6-8,12,19-20,22-23,25-26,31-34,36,39-40H,4-5,9-11H2,1H3/b15-7-. The van der Waals surface area contributed by atoms with E-state index in [0.29, 0.717) is 5.56 Å². The molecule has 2 aromatic rings. The van der Waals surface area contributed by atoms with Gasteiger partial charge in [0.15, 0.2) is 22.9 Å². The topological polar surface area (TPSA) is 221 Å². The molecule has 2 heterocycles. The molecule has 6 rings (SSSR count). The minimum atomic E-state index is -2.43. The lowest BCUT2D eigenvalue weighted by Gasteiger charge is -2.41. The number of phenolic OH excluding ortho intramolecular Hbond substituents is 1. The van der Waals surface area contributed by atoms with Crippen molar-refractivity contribution >= 4 is 28.8 Å². The lowest BCUT2D eigenvalue weighted by molar-refractivity contribution is -0.289. The number of rotatable bonds is 7. The van der Waals surface area contributed by atoms with Crippen LogP contribution in [0.15, 0.2) is 34.6 Å². The van der Waals surface area contributed by atoms with Crippen LogP contribution in [0.1, 0.15) is 42.4 Å². The molecule has 7 unspecified atom stereocenters. The Bertz CT molecular complexity index is 1580. The third-order valence-electron chi connectivity index (χ3n) is 9.34. The number of esters is 2. The number of fused-ring (bicyclic) bond motifs is 4. The van der Waals surface area contributed by atoms with Gasteiger partial charge < -0.3 is 50.0 Å². The summed E-state index contributed by atoms with van der Waals surface area (Å²) in [5.41, 5.74) is -1.96. The summed E-state index contributed by atoms with van der Waals surface area (Å²) in [5, 5.41) is 73.6. The van der Waals surface area contributed by atoms with Crippen LogP contribution in [-0.4, -0.2) is 97.4 Å². The van der Waals surface area contributed by atoms with Crippen molar-refractivity contribution in [2.75, 3.05) is 13.2 Å². The molecule has 0 aromatic heterocycles. The smallest absolute Gasteiger partial charge is 0.331 e. The predicted octanol–water partition coefficient (Wildman–Crippen LogP) is -1.07. The Labute approximate surface area is 244 Å². The second-order valence-corrected chi connectivity index (χ2v) is 11.9. The van der Waals surface area contributed by atoms with Gasteiger partial charge in [-0.2, -0.15) is 0 Å². The maximum absolute atomic E-state index is 13.9. The van der Waals surface area contributed by atoms with Gasteiger partial charge in [0.25, 0.3) is 0 Å². The maximum atomic E-state index is 13.9. The molecule has 7 N–H and O–H groups in total. The fourth-order valence-electron chi connectivity index (χ4n) is 6.74. The van der Waals surface area contributed by atoms with Crippen LogP contribution in [0.5, 0.6) is 5.75 Å². The van der Waals surface area contributed by atoms with Crippen molar-refractivity contribution < 1.29 is 59.5 Å². The molecule has 4 aliphatic rings. The molecule has 0 amide bonds. The highest BCUT2D eigenvalue weighted by Crippen LogP contribution is 2.49. The third-order valence-corrected chi connectivity index (χ3v) is 9.34. The van der Waals surface area contributed by atoms with Crippen LogP contribution in [-0.2, 0) is 30.2 Å². The number of hydrogen-bond donors (Lipinski definition) is 7. The summed E-state index contributed by atoms with van der Waals surface area (Å²) >= 11 is 0. The zero-order valence-electron chi connectivity index (χ0n) is 23.0. The minimum Gasteiger partial charge on any atom is -0.507 e. The molecule has 2 aliphatic carbocycles. The first-order valence-corrected chi connectivity index (χ1v) is 14.0. The van der Waals surface area contributed by atoms with E-state index in [1.165, 1.54) is 24.3 Å². The van der Waals surface area contributed by atoms with E-state index in [1.807, 2.05) is 0 Å². The second-order valence-electron chi connectivity index (χ2n) is 11.9. The third kappa shape index (κ3) is 4.50. The maximum Gasteiger partial charge on any atom is 0.331 e. The van der Waals surface area contributed by atoms with Gasteiger partial charge in [-0.15, -0.1) is 0 Å². The number of carbonyl (C=O) groups is 2. The Hall–Kier alpha value is -3.27. The van der Waals surface area contributed by atoms with Crippen LogP contribution in [0.25, 0.3) is 16.8 Å². The molecular formula is C30H32O13. The first kappa shape index (κ1) is 29.8. The van der Waals surface area contributed by atoms with Crippen LogP contribution < -0.4 is 5.43 Å². The molecule has 43 heavy (non-hydrogen) atoms. The SMILES string of the molecule is CC1C(CO)OC(OCCC2(Cc3cc4cc5c(ccc(O)c5c3=O)C3C(O)C/C(=C/4)C3(O)O)C(=O)OC2=O)C(O)C1O. The molecule has 0 spiro atoms. The Balaban J connectivity index is 1.37. The molecule has 13 heteroatoms. The van der Waals surface area contributed by atoms with Crippen molar-refractivity contribution in [1.82, 2.24) is 0 Å². The number of aliphatic hydroxyl groups excluding tert-OH is 4. The lowest BCUT2D eigenvalue weighted by atomic mass is 9.75. The molecule has 13 nitrogen and oxygen atoms in total. The summed E-state index contributed by atoms with van der Waals surface area (Å²) in [4.78, 5) is 39.6. The number of aliphatic hydroxyl groups is 6. The van der Waals surface area contributed by atoms with E-state index in [-0.39, 0.29) is 46.9 Å². The van der Waals surface area contributed by atoms with E-state index in [4.69, 9.17) is 9.47 Å². The van der Waals surface area contributed by atoms with Crippen molar-refractivity contribution in [1.29, 1.82) is 0 Å². The van der Waals surface area contributed by atoms with E-state index in [2.05, 4.69) is 4.74 Å². The number of ether oxygens (including phenoxy) is 3. The van der Waals surface area contributed by atoms with Crippen molar-refractivity contribution in [3.05, 3.63) is 56.8 Å². The summed E-state index contributed by atoms with van der Waals surface area (Å²) in [6.45, 7) is 0.817. The van der Waals surface area contributed by atoms with Gasteiger partial charge in [-0.05, 0) is 46.7 Å². The highest BCUT2D eigenvalue weighted by Gasteiger charge is 2.59. The molecule has 230 valence electrons. The zero-order valence-corrected chi connectivity index (χ0v) is 23.0. The normalized spacial score (nSPS) is 33.4. The molecule has 7 atom stereocenters. The predicted molar refractivity (Wildman–Crippen MR) is 145 cm³/mol. The number of carbonyl (C=O) groups excluding carboxylic acids is 2. The van der Waals surface area contributed by atoms with Gasteiger partial charge in [0.2, 0.25) is 0 Å². The highest BCUT2D eigenvalue weighted by molar-refractivity contribution is 6.14. The Morgan fingerprint density at radius 2 is 1.77 bits per heavy atom. The van der Waals surface area contributed by atoms with E-state index in [9.17, 15) is 50.1 Å². The van der Waals surface area contributed by atoms with E-state index >= 15 is 0 Å². The van der Waals surface area contributed by atoms with Crippen LogP contribution in [0, 0.1) is 11.3 Å². The number of benzene rings is 1. The largest absolute Gasteiger partial charge is 0.507 e. The van der Waals surface area contributed by atoms with Gasteiger partial charge in [0, 0.05) is 24.3 Å². The van der Waals surface area contributed by atoms with Gasteiger partial charge >= 0.3 is 11.9 Å². The van der Waals surface area contributed by atoms with E-state index in [0.717, 1.165) is 0 Å². The molecular weight excluding hydrogens is 568 g/mol. The molecule has 0 radical (unpaired) electrons. The highest BCUT2D eigenvalue weighted by atomic mass is 16.7. The molecule has 1 saturated carbocycles. The van der Waals surface area contributed by atoms with Crippen LogP contribution >= 0.6 is 0 Å². The second kappa shape index (κ2) is 10.4. The summed E-state index contributed by atoms with van der Waals surface area (Å²) < 4.78 is 15.8. The molecule has 2 saturated heterocycles.